The van der Waals surface area contributed by atoms with Crippen molar-refractivity contribution < 1.29 is 0 Å². The lowest BCUT2D eigenvalue weighted by atomic mass is 9.92. The maximum Gasteiger partial charge on any atom is 0.0385 e. The van der Waals surface area contributed by atoms with E-state index in [4.69, 9.17) is 0 Å². The molecule has 0 atom stereocenters. The van der Waals surface area contributed by atoms with Crippen LogP contribution in [-0.4, -0.2) is 19.0 Å². The zero-order chi connectivity index (χ0) is 13.6. The van der Waals surface area contributed by atoms with Crippen molar-refractivity contribution >= 4 is 12.4 Å². The van der Waals surface area contributed by atoms with E-state index in [1.807, 2.05) is 6.21 Å². The Morgan fingerprint density at radius 1 is 0.947 bits per heavy atom. The minimum atomic E-state index is 0.764. The van der Waals surface area contributed by atoms with Gasteiger partial charge in [0.05, 0.1) is 0 Å². The molecule has 1 rings (SSSR count). The molecule has 0 spiro atoms. The van der Waals surface area contributed by atoms with Crippen LogP contribution in [0, 0.1) is 5.92 Å². The quantitative estimate of drug-likeness (QED) is 0.424. The molecule has 0 aromatic rings. The van der Waals surface area contributed by atoms with Crippen LogP contribution >= 0.6 is 0 Å². The molecule has 1 aliphatic rings. The Bertz CT molecular complexity index is 260. The number of hydrogen-bond donors (Lipinski definition) is 0. The van der Waals surface area contributed by atoms with Gasteiger partial charge >= 0.3 is 0 Å². The zero-order valence-electron chi connectivity index (χ0n) is 12.4. The lowest BCUT2D eigenvalue weighted by Gasteiger charge is -2.15. The second kappa shape index (κ2) is 12.1. The summed E-state index contributed by atoms with van der Waals surface area (Å²) < 4.78 is 0. The molecule has 108 valence electrons. The molecule has 1 saturated carbocycles. The van der Waals surface area contributed by atoms with Crippen LogP contribution in [0.2, 0.25) is 0 Å². The third kappa shape index (κ3) is 9.63. The molecule has 0 bridgehead atoms. The Morgan fingerprint density at radius 3 is 2.42 bits per heavy atom. The molecular formula is C17H30N2. The Kier molecular flexibility index (Phi) is 10.3. The first-order valence-corrected chi connectivity index (χ1v) is 8.06. The van der Waals surface area contributed by atoms with Gasteiger partial charge in [0, 0.05) is 25.2 Å². The van der Waals surface area contributed by atoms with Crippen LogP contribution < -0.4 is 0 Å². The smallest absolute Gasteiger partial charge is 0.0385 e. The summed E-state index contributed by atoms with van der Waals surface area (Å²) in [4.78, 5) is 8.62. The molecule has 1 aliphatic carbocycles. The van der Waals surface area contributed by atoms with E-state index in [2.05, 4.69) is 22.8 Å². The number of aliphatic imine (C=N–C) groups is 2. The standard InChI is InChI=1S/C17H30N2/c1-2-18-14-10-6-7-11-15-19-16-17-12-8-4-3-5-9-13-17/h2,14,16-17H,1,3-13,15H2/b18-14+,19-16+. The van der Waals surface area contributed by atoms with Gasteiger partial charge in [0.2, 0.25) is 0 Å². The summed E-state index contributed by atoms with van der Waals surface area (Å²) in [6.07, 6.45) is 20.4. The molecule has 0 aliphatic heterocycles. The third-order valence-electron chi connectivity index (χ3n) is 3.80. The highest BCUT2D eigenvalue weighted by Gasteiger charge is 2.08. The van der Waals surface area contributed by atoms with Crippen molar-refractivity contribution in [2.24, 2.45) is 15.9 Å². The predicted octanol–water partition coefficient (Wildman–Crippen LogP) is 5.19. The molecule has 0 radical (unpaired) electrons. The average molecular weight is 262 g/mol. The van der Waals surface area contributed by atoms with E-state index in [0.29, 0.717) is 0 Å². The summed E-state index contributed by atoms with van der Waals surface area (Å²) in [5, 5.41) is 0. The highest BCUT2D eigenvalue weighted by molar-refractivity contribution is 5.60. The van der Waals surface area contributed by atoms with Crippen LogP contribution in [0.4, 0.5) is 0 Å². The lowest BCUT2D eigenvalue weighted by Crippen LogP contribution is -2.05. The van der Waals surface area contributed by atoms with Crippen LogP contribution in [0.25, 0.3) is 0 Å². The summed E-state index contributed by atoms with van der Waals surface area (Å²) >= 11 is 0. The van der Waals surface area contributed by atoms with Crippen LogP contribution in [0.1, 0.15) is 70.6 Å². The summed E-state index contributed by atoms with van der Waals surface area (Å²) in [6, 6.07) is 0. The van der Waals surface area contributed by atoms with Gasteiger partial charge in [-0.1, -0.05) is 45.1 Å². The van der Waals surface area contributed by atoms with Crippen molar-refractivity contribution in [3.05, 3.63) is 12.8 Å². The van der Waals surface area contributed by atoms with Crippen molar-refractivity contribution in [1.82, 2.24) is 0 Å². The molecule has 0 aromatic carbocycles. The summed E-state index contributed by atoms with van der Waals surface area (Å²) in [5.74, 6) is 0.764. The molecule has 0 unspecified atom stereocenters. The Morgan fingerprint density at radius 2 is 1.68 bits per heavy atom. The first kappa shape index (κ1) is 16.1. The summed E-state index contributed by atoms with van der Waals surface area (Å²) in [5.41, 5.74) is 0. The van der Waals surface area contributed by atoms with E-state index in [0.717, 1.165) is 18.9 Å². The lowest BCUT2D eigenvalue weighted by molar-refractivity contribution is 0.456. The van der Waals surface area contributed by atoms with E-state index in [9.17, 15) is 0 Å². The van der Waals surface area contributed by atoms with Crippen LogP contribution in [0.5, 0.6) is 0 Å². The maximum atomic E-state index is 4.63. The fourth-order valence-corrected chi connectivity index (χ4v) is 2.62. The monoisotopic (exact) mass is 262 g/mol. The first-order valence-electron chi connectivity index (χ1n) is 8.06. The molecule has 0 saturated heterocycles. The minimum Gasteiger partial charge on any atom is -0.297 e. The Hall–Kier alpha value is -0.920. The maximum absolute atomic E-state index is 4.63. The molecule has 2 heteroatoms. The van der Waals surface area contributed by atoms with Gasteiger partial charge in [-0.15, -0.1) is 0 Å². The van der Waals surface area contributed by atoms with Crippen LogP contribution in [0.15, 0.2) is 22.8 Å². The van der Waals surface area contributed by atoms with E-state index in [1.165, 1.54) is 64.2 Å². The number of nitrogens with zero attached hydrogens (tertiary/aromatic N) is 2. The molecule has 2 nitrogen and oxygen atoms in total. The van der Waals surface area contributed by atoms with Gasteiger partial charge in [-0.2, -0.15) is 0 Å². The van der Waals surface area contributed by atoms with Crippen molar-refractivity contribution in [3.8, 4) is 0 Å². The van der Waals surface area contributed by atoms with Gasteiger partial charge in [-0.3, -0.25) is 9.98 Å². The van der Waals surface area contributed by atoms with Crippen LogP contribution in [-0.2, 0) is 0 Å². The van der Waals surface area contributed by atoms with Gasteiger partial charge in [0.25, 0.3) is 0 Å². The normalized spacial score (nSPS) is 18.7. The first-order chi connectivity index (χ1) is 9.43. The topological polar surface area (TPSA) is 24.7 Å². The number of rotatable bonds is 8. The summed E-state index contributed by atoms with van der Waals surface area (Å²) in [7, 11) is 0. The van der Waals surface area contributed by atoms with Crippen LogP contribution in [0.3, 0.4) is 0 Å². The van der Waals surface area contributed by atoms with E-state index >= 15 is 0 Å². The van der Waals surface area contributed by atoms with Crippen molar-refractivity contribution in [1.29, 1.82) is 0 Å². The summed E-state index contributed by atoms with van der Waals surface area (Å²) in [6.45, 7) is 4.57. The molecule has 1 fully saturated rings. The number of unbranched alkanes of at least 4 members (excludes halogenated alkanes) is 3. The second-order valence-electron chi connectivity index (χ2n) is 5.52. The molecule has 0 heterocycles. The Balaban J connectivity index is 1.99. The van der Waals surface area contributed by atoms with Gasteiger partial charge in [0.15, 0.2) is 0 Å². The average Bonchev–Trinajstić information content (AvgIpc) is 2.39. The molecule has 0 aromatic heterocycles. The highest BCUT2D eigenvalue weighted by Crippen LogP contribution is 2.20. The van der Waals surface area contributed by atoms with Gasteiger partial charge in [0.1, 0.15) is 0 Å². The molecular weight excluding hydrogens is 232 g/mol. The predicted molar refractivity (Wildman–Crippen MR) is 86.3 cm³/mol. The molecule has 19 heavy (non-hydrogen) atoms. The zero-order valence-corrected chi connectivity index (χ0v) is 12.4. The van der Waals surface area contributed by atoms with Crippen molar-refractivity contribution in [2.75, 3.05) is 6.54 Å². The van der Waals surface area contributed by atoms with Gasteiger partial charge in [-0.05, 0) is 38.0 Å². The van der Waals surface area contributed by atoms with E-state index < -0.39 is 0 Å². The van der Waals surface area contributed by atoms with Gasteiger partial charge in [-0.25, -0.2) is 0 Å². The SMILES string of the molecule is C=C/N=C/CCCCC/N=C/C1CCCCCCC1. The highest BCUT2D eigenvalue weighted by atomic mass is 14.7. The minimum absolute atomic E-state index is 0.764. The number of hydrogen-bond acceptors (Lipinski definition) is 2. The van der Waals surface area contributed by atoms with E-state index in [-0.39, 0.29) is 0 Å². The fraction of sp³-hybridized carbons (Fsp3) is 0.765. The van der Waals surface area contributed by atoms with Crippen molar-refractivity contribution in [3.63, 3.8) is 0 Å². The van der Waals surface area contributed by atoms with E-state index in [1.54, 1.807) is 6.20 Å². The van der Waals surface area contributed by atoms with Crippen molar-refractivity contribution in [2.45, 2.75) is 70.6 Å². The van der Waals surface area contributed by atoms with Gasteiger partial charge < -0.3 is 0 Å². The Labute approximate surface area is 119 Å². The second-order valence-corrected chi connectivity index (χ2v) is 5.52. The fourth-order valence-electron chi connectivity index (χ4n) is 2.62. The molecule has 0 N–H and O–H groups in total. The third-order valence-corrected chi connectivity index (χ3v) is 3.80. The largest absolute Gasteiger partial charge is 0.297 e. The molecule has 0 amide bonds.